The van der Waals surface area contributed by atoms with E-state index < -0.39 is 17.7 Å². The number of likely N-dealkylation sites (N-methyl/N-ethyl adjacent to an activating group) is 1. The van der Waals surface area contributed by atoms with E-state index in [1.165, 1.54) is 12.1 Å². The maximum absolute atomic E-state index is 14.0. The molecule has 1 N–H and O–H groups in total. The van der Waals surface area contributed by atoms with Crippen LogP contribution in [0.1, 0.15) is 22.7 Å². The Kier molecular flexibility index (Phi) is 5.06. The zero-order valence-electron chi connectivity index (χ0n) is 11.7. The lowest BCUT2D eigenvalue weighted by atomic mass is 9.96. The molecule has 0 amide bonds. The molecule has 0 radical (unpaired) electrons. The summed E-state index contributed by atoms with van der Waals surface area (Å²) in [6.07, 6.45) is 0.275. The van der Waals surface area contributed by atoms with Gasteiger partial charge in [-0.25, -0.2) is 13.2 Å². The SMILES string of the molecule is CNC(Cc1ccc(Br)cc1F)c1cc(C)c(F)cc1F. The van der Waals surface area contributed by atoms with Crippen molar-refractivity contribution in [1.82, 2.24) is 5.32 Å². The van der Waals surface area contributed by atoms with Gasteiger partial charge in [-0.15, -0.1) is 0 Å². The topological polar surface area (TPSA) is 12.0 Å². The van der Waals surface area contributed by atoms with Crippen LogP contribution >= 0.6 is 15.9 Å². The van der Waals surface area contributed by atoms with Crippen molar-refractivity contribution < 1.29 is 13.2 Å². The number of nitrogens with one attached hydrogen (secondary N) is 1. The first kappa shape index (κ1) is 16.0. The van der Waals surface area contributed by atoms with Gasteiger partial charge in [-0.05, 0) is 49.7 Å². The molecule has 112 valence electrons. The van der Waals surface area contributed by atoms with Crippen LogP contribution in [0.15, 0.2) is 34.8 Å². The first-order valence-electron chi connectivity index (χ1n) is 6.49. The van der Waals surface area contributed by atoms with E-state index in [0.29, 0.717) is 21.2 Å². The Morgan fingerprint density at radius 2 is 1.76 bits per heavy atom. The third-order valence-corrected chi connectivity index (χ3v) is 3.93. The van der Waals surface area contributed by atoms with Crippen LogP contribution in [0, 0.1) is 24.4 Å². The van der Waals surface area contributed by atoms with Crippen LogP contribution < -0.4 is 5.32 Å². The number of aryl methyl sites for hydroxylation is 1. The lowest BCUT2D eigenvalue weighted by molar-refractivity contribution is 0.509. The van der Waals surface area contributed by atoms with E-state index in [9.17, 15) is 13.2 Å². The van der Waals surface area contributed by atoms with Gasteiger partial charge in [-0.2, -0.15) is 0 Å². The molecular weight excluding hydrogens is 343 g/mol. The monoisotopic (exact) mass is 357 g/mol. The number of hydrogen-bond donors (Lipinski definition) is 1. The molecule has 2 rings (SSSR count). The summed E-state index contributed by atoms with van der Waals surface area (Å²) in [6.45, 7) is 1.57. The molecule has 1 atom stereocenters. The van der Waals surface area contributed by atoms with Gasteiger partial charge in [0.1, 0.15) is 17.5 Å². The Morgan fingerprint density at radius 1 is 1.05 bits per heavy atom. The highest BCUT2D eigenvalue weighted by atomic mass is 79.9. The van der Waals surface area contributed by atoms with Crippen molar-refractivity contribution >= 4 is 15.9 Å². The summed E-state index contributed by atoms with van der Waals surface area (Å²) >= 11 is 3.20. The van der Waals surface area contributed by atoms with Gasteiger partial charge in [-0.3, -0.25) is 0 Å². The van der Waals surface area contributed by atoms with Crippen LogP contribution in [-0.2, 0) is 6.42 Å². The summed E-state index contributed by atoms with van der Waals surface area (Å²) in [7, 11) is 1.67. The molecule has 5 heteroatoms. The maximum Gasteiger partial charge on any atom is 0.130 e. The van der Waals surface area contributed by atoms with Crippen LogP contribution in [-0.4, -0.2) is 7.05 Å². The highest BCUT2D eigenvalue weighted by molar-refractivity contribution is 9.10. The molecule has 0 aliphatic carbocycles. The van der Waals surface area contributed by atoms with Crippen molar-refractivity contribution in [2.24, 2.45) is 0 Å². The van der Waals surface area contributed by atoms with Crippen molar-refractivity contribution in [2.75, 3.05) is 7.05 Å². The molecule has 1 nitrogen and oxygen atoms in total. The number of halogens is 4. The smallest absolute Gasteiger partial charge is 0.130 e. The van der Waals surface area contributed by atoms with Crippen molar-refractivity contribution in [3.05, 3.63) is 68.9 Å². The van der Waals surface area contributed by atoms with Crippen LogP contribution in [0.2, 0.25) is 0 Å². The Balaban J connectivity index is 2.34. The molecule has 0 aliphatic rings. The van der Waals surface area contributed by atoms with Crippen molar-refractivity contribution in [3.63, 3.8) is 0 Å². The zero-order chi connectivity index (χ0) is 15.6. The van der Waals surface area contributed by atoms with Gasteiger partial charge < -0.3 is 5.32 Å². The van der Waals surface area contributed by atoms with E-state index in [1.54, 1.807) is 26.1 Å². The second-order valence-corrected chi connectivity index (χ2v) is 5.82. The van der Waals surface area contributed by atoms with E-state index in [4.69, 9.17) is 0 Å². The fraction of sp³-hybridized carbons (Fsp3) is 0.250. The van der Waals surface area contributed by atoms with Gasteiger partial charge in [0.05, 0.1) is 0 Å². The Hall–Kier alpha value is -1.33. The van der Waals surface area contributed by atoms with Gasteiger partial charge in [0.15, 0.2) is 0 Å². The molecule has 0 saturated heterocycles. The molecular formula is C16H15BrF3N. The third-order valence-electron chi connectivity index (χ3n) is 3.44. The Bertz CT molecular complexity index is 658. The highest BCUT2D eigenvalue weighted by Crippen LogP contribution is 2.25. The molecule has 2 aromatic carbocycles. The van der Waals surface area contributed by atoms with Gasteiger partial charge in [0.2, 0.25) is 0 Å². The molecule has 0 spiro atoms. The summed E-state index contributed by atoms with van der Waals surface area (Å²) in [6, 6.07) is 6.65. The Morgan fingerprint density at radius 3 is 2.38 bits per heavy atom. The molecule has 0 saturated carbocycles. The largest absolute Gasteiger partial charge is 0.313 e. The molecule has 0 fully saturated rings. The van der Waals surface area contributed by atoms with Gasteiger partial charge in [-0.1, -0.05) is 22.0 Å². The van der Waals surface area contributed by atoms with E-state index in [2.05, 4.69) is 21.2 Å². The van der Waals surface area contributed by atoms with Gasteiger partial charge >= 0.3 is 0 Å². The summed E-state index contributed by atoms with van der Waals surface area (Å²) in [4.78, 5) is 0. The van der Waals surface area contributed by atoms with Crippen molar-refractivity contribution in [1.29, 1.82) is 0 Å². The minimum absolute atomic E-state index is 0.275. The number of hydrogen-bond acceptors (Lipinski definition) is 1. The lowest BCUT2D eigenvalue weighted by Gasteiger charge is -2.19. The quantitative estimate of drug-likeness (QED) is 0.837. The predicted molar refractivity (Wildman–Crippen MR) is 80.7 cm³/mol. The molecule has 2 aromatic rings. The maximum atomic E-state index is 14.0. The zero-order valence-corrected chi connectivity index (χ0v) is 13.3. The molecule has 0 heterocycles. The van der Waals surface area contributed by atoms with E-state index in [0.717, 1.165) is 6.07 Å². The Labute approximate surface area is 130 Å². The third kappa shape index (κ3) is 3.66. The van der Waals surface area contributed by atoms with E-state index >= 15 is 0 Å². The average molecular weight is 358 g/mol. The summed E-state index contributed by atoms with van der Waals surface area (Å²) in [5, 5.41) is 2.96. The number of benzene rings is 2. The molecule has 0 aliphatic heterocycles. The van der Waals surface area contributed by atoms with Crippen LogP contribution in [0.25, 0.3) is 0 Å². The highest BCUT2D eigenvalue weighted by Gasteiger charge is 2.18. The van der Waals surface area contributed by atoms with E-state index in [-0.39, 0.29) is 12.2 Å². The minimum atomic E-state index is -0.630. The van der Waals surface area contributed by atoms with Gasteiger partial charge in [0, 0.05) is 22.1 Å². The molecule has 0 aromatic heterocycles. The fourth-order valence-electron chi connectivity index (χ4n) is 2.22. The summed E-state index contributed by atoms with van der Waals surface area (Å²) < 4.78 is 41.8. The first-order chi connectivity index (χ1) is 9.92. The summed E-state index contributed by atoms with van der Waals surface area (Å²) in [5.41, 5.74) is 1.17. The van der Waals surface area contributed by atoms with Crippen LogP contribution in [0.5, 0.6) is 0 Å². The summed E-state index contributed by atoms with van der Waals surface area (Å²) in [5.74, 6) is -1.57. The average Bonchev–Trinajstić information content (AvgIpc) is 2.43. The standard InChI is InChI=1S/C16H15BrF3N/c1-9-5-12(15(20)8-13(9)18)16(21-2)6-10-3-4-11(17)7-14(10)19/h3-5,7-8,16,21H,6H2,1-2H3. The first-order valence-corrected chi connectivity index (χ1v) is 7.28. The fourth-order valence-corrected chi connectivity index (χ4v) is 2.55. The van der Waals surface area contributed by atoms with Crippen molar-refractivity contribution in [2.45, 2.75) is 19.4 Å². The normalized spacial score (nSPS) is 12.5. The second kappa shape index (κ2) is 6.62. The van der Waals surface area contributed by atoms with Gasteiger partial charge in [0.25, 0.3) is 0 Å². The van der Waals surface area contributed by atoms with Crippen molar-refractivity contribution in [3.8, 4) is 0 Å². The lowest BCUT2D eigenvalue weighted by Crippen LogP contribution is -2.21. The molecule has 0 bridgehead atoms. The predicted octanol–water partition coefficient (Wildman–Crippen LogP) is 4.68. The molecule has 21 heavy (non-hydrogen) atoms. The molecule has 1 unspecified atom stereocenters. The van der Waals surface area contributed by atoms with Crippen LogP contribution in [0.4, 0.5) is 13.2 Å². The second-order valence-electron chi connectivity index (χ2n) is 4.90. The number of rotatable bonds is 4. The minimum Gasteiger partial charge on any atom is -0.313 e. The van der Waals surface area contributed by atoms with Crippen LogP contribution in [0.3, 0.4) is 0 Å². The van der Waals surface area contributed by atoms with E-state index in [1.807, 2.05) is 0 Å².